The lowest BCUT2D eigenvalue weighted by molar-refractivity contribution is -0.777. The van der Waals surface area contributed by atoms with Crippen LogP contribution in [0.15, 0.2) is 58.6 Å². The summed E-state index contributed by atoms with van der Waals surface area (Å²) in [6.07, 6.45) is 3.13. The van der Waals surface area contributed by atoms with E-state index in [9.17, 15) is 14.8 Å². The maximum Gasteiger partial charge on any atom is 0.289 e. The van der Waals surface area contributed by atoms with Crippen LogP contribution in [0.3, 0.4) is 0 Å². The normalized spacial score (nSPS) is 13.7. The van der Waals surface area contributed by atoms with Gasteiger partial charge < -0.3 is 15.5 Å². The molecule has 13 heteroatoms. The Morgan fingerprint density at radius 3 is 2.70 bits per heavy atom. The van der Waals surface area contributed by atoms with E-state index in [0.29, 0.717) is 39.0 Å². The standard InChI is InChI=1S/C20H20N6O5S2/c27-18(16-9-2-3-10-17(16)33-31-30-29)21-14-7-6-8-15(13-14)26-19(22-23-24-26)32-20(28)25-11-4-1-5-12-25/h2-3,6-10,13,29H,1,4-5,11-12H2,(H,21,27)/p-1. The van der Waals surface area contributed by atoms with Gasteiger partial charge in [-0.2, -0.15) is 9.02 Å². The maximum atomic E-state index is 12.8. The largest absolute Gasteiger partial charge is 0.691 e. The molecule has 172 valence electrons. The van der Waals surface area contributed by atoms with Crippen molar-refractivity contribution in [2.24, 2.45) is 0 Å². The molecule has 0 atom stereocenters. The second-order valence-corrected chi connectivity index (χ2v) is 8.67. The molecule has 2 heterocycles. The van der Waals surface area contributed by atoms with Gasteiger partial charge in [-0.3, -0.25) is 14.6 Å². The Bertz CT molecular complexity index is 1120. The van der Waals surface area contributed by atoms with Crippen LogP contribution < -0.4 is 10.6 Å². The fourth-order valence-corrected chi connectivity index (χ4v) is 4.57. The minimum Gasteiger partial charge on any atom is -0.691 e. The number of hydrogen-bond acceptors (Lipinski definition) is 10. The molecule has 0 unspecified atom stereocenters. The lowest BCUT2D eigenvalue weighted by atomic mass is 10.1. The summed E-state index contributed by atoms with van der Waals surface area (Å²) in [6.45, 7) is 1.47. The number of piperidine rings is 1. The van der Waals surface area contributed by atoms with Gasteiger partial charge in [0.1, 0.15) is 0 Å². The molecule has 33 heavy (non-hydrogen) atoms. The van der Waals surface area contributed by atoms with Crippen molar-refractivity contribution in [3.63, 3.8) is 0 Å². The van der Waals surface area contributed by atoms with Crippen molar-refractivity contribution in [1.29, 1.82) is 0 Å². The number of hydrogen-bond donors (Lipinski definition) is 1. The summed E-state index contributed by atoms with van der Waals surface area (Å²) in [7, 11) is 0. The average molecular weight is 488 g/mol. The Labute approximate surface area is 197 Å². The van der Waals surface area contributed by atoms with E-state index < -0.39 is 5.91 Å². The average Bonchev–Trinajstić information content (AvgIpc) is 3.31. The van der Waals surface area contributed by atoms with E-state index in [1.54, 1.807) is 53.4 Å². The van der Waals surface area contributed by atoms with Crippen molar-refractivity contribution in [3.05, 3.63) is 54.1 Å². The van der Waals surface area contributed by atoms with E-state index in [1.807, 2.05) is 0 Å². The molecule has 0 radical (unpaired) electrons. The molecule has 1 aliphatic heterocycles. The number of nitrogens with zero attached hydrogens (tertiary/aromatic N) is 5. The first-order chi connectivity index (χ1) is 16.2. The zero-order chi connectivity index (χ0) is 23.0. The summed E-state index contributed by atoms with van der Waals surface area (Å²) in [5.74, 6) is -0.406. The molecule has 2 aromatic carbocycles. The van der Waals surface area contributed by atoms with Gasteiger partial charge >= 0.3 is 0 Å². The van der Waals surface area contributed by atoms with Gasteiger partial charge in [-0.05, 0) is 60.0 Å². The van der Waals surface area contributed by atoms with E-state index in [1.165, 1.54) is 4.68 Å². The third kappa shape index (κ3) is 5.89. The summed E-state index contributed by atoms with van der Waals surface area (Å²) in [5, 5.41) is 28.2. The van der Waals surface area contributed by atoms with Crippen molar-refractivity contribution in [3.8, 4) is 5.69 Å². The third-order valence-electron chi connectivity index (χ3n) is 4.87. The molecule has 4 rings (SSSR count). The maximum absolute atomic E-state index is 12.8. The van der Waals surface area contributed by atoms with Crippen molar-refractivity contribution in [2.45, 2.75) is 29.3 Å². The van der Waals surface area contributed by atoms with Crippen LogP contribution in [0.5, 0.6) is 0 Å². The van der Waals surface area contributed by atoms with Gasteiger partial charge in [0.05, 0.1) is 28.2 Å². The number of anilines is 1. The van der Waals surface area contributed by atoms with E-state index in [-0.39, 0.29) is 5.24 Å². The van der Waals surface area contributed by atoms with Gasteiger partial charge in [-0.15, -0.1) is 5.10 Å². The molecule has 0 spiro atoms. The van der Waals surface area contributed by atoms with Crippen LogP contribution in [-0.4, -0.2) is 49.3 Å². The summed E-state index contributed by atoms with van der Waals surface area (Å²) >= 11 is 1.62. The van der Waals surface area contributed by atoms with E-state index in [0.717, 1.165) is 44.1 Å². The number of carbonyl (C=O) groups is 2. The second kappa shape index (κ2) is 11.2. The van der Waals surface area contributed by atoms with Gasteiger partial charge in [-0.1, -0.05) is 18.2 Å². The van der Waals surface area contributed by atoms with Gasteiger partial charge in [0.15, 0.2) is 0 Å². The first-order valence-electron chi connectivity index (χ1n) is 10.0. The smallest absolute Gasteiger partial charge is 0.289 e. The van der Waals surface area contributed by atoms with E-state index in [2.05, 4.69) is 30.2 Å². The molecule has 0 aliphatic carbocycles. The van der Waals surface area contributed by atoms with E-state index >= 15 is 0 Å². The summed E-state index contributed by atoms with van der Waals surface area (Å²) in [6, 6.07) is 13.5. The highest BCUT2D eigenvalue weighted by Crippen LogP contribution is 2.26. The quantitative estimate of drug-likeness (QED) is 0.229. The number of rotatable bonds is 7. The van der Waals surface area contributed by atoms with Gasteiger partial charge in [-0.25, -0.2) is 0 Å². The van der Waals surface area contributed by atoms with Gasteiger partial charge in [0.25, 0.3) is 11.1 Å². The highest BCUT2D eigenvalue weighted by Gasteiger charge is 2.21. The topological polar surface area (TPSA) is 135 Å². The number of benzene rings is 2. The predicted molar refractivity (Wildman–Crippen MR) is 118 cm³/mol. The fourth-order valence-electron chi connectivity index (χ4n) is 3.32. The number of tetrazole rings is 1. The second-order valence-electron chi connectivity index (χ2n) is 7.01. The number of nitrogens with one attached hydrogen (secondary N) is 1. The molecule has 2 amide bonds. The Morgan fingerprint density at radius 1 is 1.06 bits per heavy atom. The van der Waals surface area contributed by atoms with Crippen molar-refractivity contribution in [2.75, 3.05) is 18.4 Å². The van der Waals surface area contributed by atoms with Crippen molar-refractivity contribution < 1.29 is 24.2 Å². The van der Waals surface area contributed by atoms with Crippen LogP contribution in [0.25, 0.3) is 5.69 Å². The SMILES string of the molecule is O=C(Nc1cccc(-n2nnnc2SC(=O)N2CCCCC2)c1)c1ccccc1SOO[O-]. The number of aromatic nitrogens is 4. The third-order valence-corrected chi connectivity index (χ3v) is 6.39. The van der Waals surface area contributed by atoms with Crippen LogP contribution >= 0.6 is 23.8 Å². The van der Waals surface area contributed by atoms with Crippen LogP contribution in [-0.2, 0) is 9.37 Å². The number of amides is 2. The molecule has 1 fully saturated rings. The Morgan fingerprint density at radius 2 is 1.88 bits per heavy atom. The molecule has 1 saturated heterocycles. The van der Waals surface area contributed by atoms with Crippen LogP contribution in [0.2, 0.25) is 0 Å². The summed E-state index contributed by atoms with van der Waals surface area (Å²) < 4.78 is 5.79. The fraction of sp³-hybridized carbons (Fsp3) is 0.250. The highest BCUT2D eigenvalue weighted by atomic mass is 32.2. The van der Waals surface area contributed by atoms with Crippen molar-refractivity contribution >= 4 is 40.6 Å². The van der Waals surface area contributed by atoms with Crippen LogP contribution in [0.1, 0.15) is 29.6 Å². The summed E-state index contributed by atoms with van der Waals surface area (Å²) in [4.78, 5) is 27.6. The molecule has 0 saturated carbocycles. The molecule has 1 aliphatic rings. The first-order valence-corrected chi connectivity index (χ1v) is 11.6. The Balaban J connectivity index is 1.49. The number of likely N-dealkylation sites (tertiary alicyclic amines) is 1. The minimum atomic E-state index is -0.406. The summed E-state index contributed by atoms with van der Waals surface area (Å²) in [5.41, 5.74) is 1.38. The number of thioether (sulfide) groups is 1. The molecule has 1 aromatic heterocycles. The van der Waals surface area contributed by atoms with Crippen LogP contribution in [0.4, 0.5) is 10.5 Å². The molecule has 3 aromatic rings. The molecule has 0 bridgehead atoms. The number of carbonyl (C=O) groups excluding carboxylic acids is 2. The molecular weight excluding hydrogens is 468 g/mol. The monoisotopic (exact) mass is 487 g/mol. The van der Waals surface area contributed by atoms with Gasteiger partial charge in [0, 0.05) is 30.5 Å². The zero-order valence-corrected chi connectivity index (χ0v) is 18.9. The van der Waals surface area contributed by atoms with E-state index in [4.69, 9.17) is 0 Å². The predicted octanol–water partition coefficient (Wildman–Crippen LogP) is 2.84. The lowest BCUT2D eigenvalue weighted by Crippen LogP contribution is -2.33. The Hall–Kier alpha value is -2.97. The van der Waals surface area contributed by atoms with Crippen molar-refractivity contribution in [1.82, 2.24) is 25.1 Å². The minimum absolute atomic E-state index is 0.0893. The van der Waals surface area contributed by atoms with Gasteiger partial charge in [0.2, 0.25) is 5.16 Å². The zero-order valence-electron chi connectivity index (χ0n) is 17.2. The highest BCUT2D eigenvalue weighted by molar-refractivity contribution is 8.13. The first kappa shape index (κ1) is 23.2. The lowest BCUT2D eigenvalue weighted by Gasteiger charge is -2.25. The molecular formula is C20H19N6O5S2-. The Kier molecular flexibility index (Phi) is 7.91. The molecule has 11 nitrogen and oxygen atoms in total. The van der Waals surface area contributed by atoms with Crippen LogP contribution in [0, 0.1) is 0 Å². The molecule has 1 N–H and O–H groups in total.